The molecule has 0 unspecified atom stereocenters. The van der Waals surface area contributed by atoms with E-state index < -0.39 is 0 Å². The number of ether oxygens (including phenoxy) is 1. The Morgan fingerprint density at radius 2 is 1.61 bits per heavy atom. The summed E-state index contributed by atoms with van der Waals surface area (Å²) in [5.41, 5.74) is 3.53. The van der Waals surface area contributed by atoms with Crippen LogP contribution in [-0.4, -0.2) is 0 Å². The molecule has 0 heterocycles. The molecule has 23 heavy (non-hydrogen) atoms. The van der Waals surface area contributed by atoms with Gasteiger partial charge in [0.1, 0.15) is 12.4 Å². The lowest BCUT2D eigenvalue weighted by molar-refractivity contribution is 0.307. The second kappa shape index (κ2) is 7.13. The number of rotatable bonds is 4. The van der Waals surface area contributed by atoms with Gasteiger partial charge in [-0.05, 0) is 23.8 Å². The number of nitrogens with zero attached hydrogens (tertiary/aromatic N) is 1. The van der Waals surface area contributed by atoms with Gasteiger partial charge in [-0.3, -0.25) is 0 Å². The van der Waals surface area contributed by atoms with Crippen LogP contribution in [0, 0.1) is 11.3 Å². The van der Waals surface area contributed by atoms with Crippen LogP contribution in [0.5, 0.6) is 5.75 Å². The predicted molar refractivity (Wildman–Crippen MR) is 95.1 cm³/mol. The number of halogens is 1. The van der Waals surface area contributed by atoms with Crippen molar-refractivity contribution in [3.05, 3.63) is 88.4 Å². The fourth-order valence-corrected chi connectivity index (χ4v) is 2.76. The summed E-state index contributed by atoms with van der Waals surface area (Å²) >= 11 is 3.41. The smallest absolute Gasteiger partial charge is 0.127 e. The highest BCUT2D eigenvalue weighted by molar-refractivity contribution is 9.10. The Kier molecular flexibility index (Phi) is 4.75. The number of hydrogen-bond acceptors (Lipinski definition) is 2. The van der Waals surface area contributed by atoms with Gasteiger partial charge in [0.05, 0.1) is 11.6 Å². The minimum atomic E-state index is 0.496. The van der Waals surface area contributed by atoms with Crippen molar-refractivity contribution in [2.45, 2.75) is 6.61 Å². The minimum Gasteiger partial charge on any atom is -0.488 e. The molecule has 2 nitrogen and oxygen atoms in total. The van der Waals surface area contributed by atoms with Crippen LogP contribution in [0.1, 0.15) is 11.1 Å². The zero-order valence-electron chi connectivity index (χ0n) is 12.4. The molecule has 3 aromatic carbocycles. The van der Waals surface area contributed by atoms with Crippen LogP contribution in [-0.2, 0) is 6.61 Å². The highest BCUT2D eigenvalue weighted by Gasteiger charge is 2.11. The summed E-state index contributed by atoms with van der Waals surface area (Å²) in [5.74, 6) is 0.773. The first-order valence-electron chi connectivity index (χ1n) is 7.24. The Balaban J connectivity index is 1.94. The Morgan fingerprint density at radius 3 is 2.39 bits per heavy atom. The molecule has 3 heteroatoms. The SMILES string of the molecule is N#Cc1cc(Br)ccc1-c1ccccc1OCc1ccccc1. The van der Waals surface area contributed by atoms with E-state index in [1.54, 1.807) is 0 Å². The molecule has 112 valence electrons. The molecule has 0 amide bonds. The Labute approximate surface area is 144 Å². The molecule has 3 rings (SSSR count). The maximum absolute atomic E-state index is 9.39. The van der Waals surface area contributed by atoms with Crippen molar-refractivity contribution in [3.8, 4) is 22.9 Å². The molecule has 0 radical (unpaired) electrons. The molecule has 0 atom stereocenters. The third-order valence-electron chi connectivity index (χ3n) is 3.52. The molecule has 0 fully saturated rings. The second-order valence-electron chi connectivity index (χ2n) is 5.07. The number of nitriles is 1. The van der Waals surface area contributed by atoms with Gasteiger partial charge in [0.25, 0.3) is 0 Å². The summed E-state index contributed by atoms with van der Waals surface area (Å²) in [6.07, 6.45) is 0. The highest BCUT2D eigenvalue weighted by Crippen LogP contribution is 2.33. The summed E-state index contributed by atoms with van der Waals surface area (Å²) in [6.45, 7) is 0.496. The van der Waals surface area contributed by atoms with Crippen molar-refractivity contribution in [3.63, 3.8) is 0 Å². The molecule has 0 N–H and O–H groups in total. The zero-order chi connectivity index (χ0) is 16.1. The normalized spacial score (nSPS) is 10.1. The fraction of sp³-hybridized carbons (Fsp3) is 0.0500. The largest absolute Gasteiger partial charge is 0.488 e. The minimum absolute atomic E-state index is 0.496. The van der Waals surface area contributed by atoms with Crippen LogP contribution in [0.25, 0.3) is 11.1 Å². The highest BCUT2D eigenvalue weighted by atomic mass is 79.9. The molecule has 0 saturated heterocycles. The lowest BCUT2D eigenvalue weighted by Gasteiger charge is -2.13. The molecule has 0 spiro atoms. The van der Waals surface area contributed by atoms with Crippen molar-refractivity contribution in [1.82, 2.24) is 0 Å². The second-order valence-corrected chi connectivity index (χ2v) is 5.99. The summed E-state index contributed by atoms with van der Waals surface area (Å²) in [6, 6.07) is 25.8. The third-order valence-corrected chi connectivity index (χ3v) is 4.01. The van der Waals surface area contributed by atoms with Crippen LogP contribution in [0.3, 0.4) is 0 Å². The van der Waals surface area contributed by atoms with Gasteiger partial charge in [0, 0.05) is 15.6 Å². The van der Waals surface area contributed by atoms with Gasteiger partial charge >= 0.3 is 0 Å². The molecular formula is C20H14BrNO. The molecule has 0 aliphatic carbocycles. The standard InChI is InChI=1S/C20H14BrNO/c21-17-10-11-18(16(12-17)13-22)19-8-4-5-9-20(19)23-14-15-6-2-1-3-7-15/h1-12H,14H2. The van der Waals surface area contributed by atoms with Crippen molar-refractivity contribution in [2.24, 2.45) is 0 Å². The average Bonchev–Trinajstić information content (AvgIpc) is 2.61. The number of hydrogen-bond donors (Lipinski definition) is 0. The van der Waals surface area contributed by atoms with Crippen LogP contribution < -0.4 is 4.74 Å². The van der Waals surface area contributed by atoms with Crippen LogP contribution in [0.15, 0.2) is 77.3 Å². The van der Waals surface area contributed by atoms with E-state index in [0.29, 0.717) is 12.2 Å². The van der Waals surface area contributed by atoms with Crippen molar-refractivity contribution in [1.29, 1.82) is 5.26 Å². The molecule has 0 bridgehead atoms. The van der Waals surface area contributed by atoms with Gasteiger partial charge < -0.3 is 4.74 Å². The first kappa shape index (κ1) is 15.3. The molecule has 0 saturated carbocycles. The third kappa shape index (κ3) is 3.61. The number of benzene rings is 3. The van der Waals surface area contributed by atoms with Gasteiger partial charge in [-0.2, -0.15) is 5.26 Å². The first-order chi connectivity index (χ1) is 11.3. The van der Waals surface area contributed by atoms with E-state index in [1.807, 2.05) is 72.8 Å². The maximum atomic E-state index is 9.39. The van der Waals surface area contributed by atoms with Crippen LogP contribution >= 0.6 is 15.9 Å². The zero-order valence-corrected chi connectivity index (χ0v) is 14.0. The van der Waals surface area contributed by atoms with E-state index in [0.717, 1.165) is 26.9 Å². The monoisotopic (exact) mass is 363 g/mol. The van der Waals surface area contributed by atoms with E-state index in [-0.39, 0.29) is 0 Å². The van der Waals surface area contributed by atoms with Crippen molar-refractivity contribution < 1.29 is 4.74 Å². The Hall–Kier alpha value is -2.57. The molecular weight excluding hydrogens is 350 g/mol. The van der Waals surface area contributed by atoms with Crippen LogP contribution in [0.2, 0.25) is 0 Å². The molecule has 0 aliphatic heterocycles. The lowest BCUT2D eigenvalue weighted by Crippen LogP contribution is -1.97. The van der Waals surface area contributed by atoms with E-state index in [2.05, 4.69) is 22.0 Å². The van der Waals surface area contributed by atoms with E-state index in [4.69, 9.17) is 4.74 Å². The predicted octanol–water partition coefficient (Wildman–Crippen LogP) is 5.57. The molecule has 3 aromatic rings. The van der Waals surface area contributed by atoms with Gasteiger partial charge in [-0.25, -0.2) is 0 Å². The summed E-state index contributed by atoms with van der Waals surface area (Å²) < 4.78 is 6.88. The van der Waals surface area contributed by atoms with Gasteiger partial charge in [-0.1, -0.05) is 70.5 Å². The van der Waals surface area contributed by atoms with Crippen molar-refractivity contribution >= 4 is 15.9 Å². The van der Waals surface area contributed by atoms with Gasteiger partial charge in [0.2, 0.25) is 0 Å². The number of para-hydroxylation sites is 1. The van der Waals surface area contributed by atoms with E-state index in [1.165, 1.54) is 0 Å². The van der Waals surface area contributed by atoms with Gasteiger partial charge in [-0.15, -0.1) is 0 Å². The summed E-state index contributed by atoms with van der Waals surface area (Å²) in [4.78, 5) is 0. The maximum Gasteiger partial charge on any atom is 0.127 e. The molecule has 0 aliphatic rings. The Bertz CT molecular complexity index is 853. The van der Waals surface area contributed by atoms with Crippen molar-refractivity contribution in [2.75, 3.05) is 0 Å². The van der Waals surface area contributed by atoms with E-state index >= 15 is 0 Å². The summed E-state index contributed by atoms with van der Waals surface area (Å²) in [7, 11) is 0. The van der Waals surface area contributed by atoms with Gasteiger partial charge in [0.15, 0.2) is 0 Å². The summed E-state index contributed by atoms with van der Waals surface area (Å²) in [5, 5.41) is 9.39. The quantitative estimate of drug-likeness (QED) is 0.607. The fourth-order valence-electron chi connectivity index (χ4n) is 2.39. The lowest BCUT2D eigenvalue weighted by atomic mass is 9.99. The van der Waals surface area contributed by atoms with E-state index in [9.17, 15) is 5.26 Å². The molecule has 0 aromatic heterocycles. The average molecular weight is 364 g/mol. The first-order valence-corrected chi connectivity index (χ1v) is 8.03. The van der Waals surface area contributed by atoms with Crippen LogP contribution in [0.4, 0.5) is 0 Å². The topological polar surface area (TPSA) is 33.0 Å². The Morgan fingerprint density at radius 1 is 0.870 bits per heavy atom.